The summed E-state index contributed by atoms with van der Waals surface area (Å²) >= 11 is 0. The fraction of sp³-hybridized carbons (Fsp3) is 0.235. The maximum Gasteiger partial charge on any atom is 0.216 e. The molecular formula is C17H19FN6O. The van der Waals surface area contributed by atoms with Crippen LogP contribution in [0.1, 0.15) is 11.4 Å². The Labute approximate surface area is 144 Å². The van der Waals surface area contributed by atoms with Gasteiger partial charge in [0.25, 0.3) is 0 Å². The lowest BCUT2D eigenvalue weighted by Gasteiger charge is -2.21. The molecule has 0 bridgehead atoms. The van der Waals surface area contributed by atoms with Crippen molar-refractivity contribution in [1.82, 2.24) is 25.4 Å². The monoisotopic (exact) mass is 342 g/mol. The van der Waals surface area contributed by atoms with E-state index >= 15 is 0 Å². The van der Waals surface area contributed by atoms with E-state index in [4.69, 9.17) is 4.42 Å². The van der Waals surface area contributed by atoms with Crippen molar-refractivity contribution in [2.45, 2.75) is 13.1 Å². The Morgan fingerprint density at radius 2 is 2.24 bits per heavy atom. The van der Waals surface area contributed by atoms with Crippen LogP contribution in [0.15, 0.2) is 52.1 Å². The number of hydrogen-bond donors (Lipinski definition) is 2. The second-order valence-corrected chi connectivity index (χ2v) is 5.47. The lowest BCUT2D eigenvalue weighted by molar-refractivity contribution is 0.473. The maximum atomic E-state index is 13.3. The molecule has 3 rings (SSSR count). The van der Waals surface area contributed by atoms with Crippen molar-refractivity contribution in [3.8, 4) is 11.6 Å². The zero-order valence-corrected chi connectivity index (χ0v) is 14.0. The average Bonchev–Trinajstić information content (AvgIpc) is 3.27. The highest BCUT2D eigenvalue weighted by atomic mass is 19.1. The van der Waals surface area contributed by atoms with Gasteiger partial charge in [0.05, 0.1) is 12.8 Å². The quantitative estimate of drug-likeness (QED) is 0.550. The van der Waals surface area contributed by atoms with Crippen LogP contribution < -0.4 is 5.32 Å². The van der Waals surface area contributed by atoms with Crippen molar-refractivity contribution in [1.29, 1.82) is 0 Å². The summed E-state index contributed by atoms with van der Waals surface area (Å²) in [5.41, 5.74) is 0.866. The minimum absolute atomic E-state index is 0.249. The van der Waals surface area contributed by atoms with E-state index < -0.39 is 0 Å². The topological polar surface area (TPSA) is 82.3 Å². The average molecular weight is 342 g/mol. The van der Waals surface area contributed by atoms with E-state index in [1.165, 1.54) is 12.1 Å². The van der Waals surface area contributed by atoms with E-state index in [9.17, 15) is 4.39 Å². The first-order valence-corrected chi connectivity index (χ1v) is 7.77. The number of nitrogens with zero attached hydrogens (tertiary/aromatic N) is 4. The number of halogens is 1. The first-order valence-electron chi connectivity index (χ1n) is 7.77. The van der Waals surface area contributed by atoms with Crippen molar-refractivity contribution >= 4 is 5.96 Å². The van der Waals surface area contributed by atoms with Crippen molar-refractivity contribution in [3.63, 3.8) is 0 Å². The molecule has 0 aliphatic carbocycles. The number of aliphatic imine (C=N–C) groups is 1. The fourth-order valence-electron chi connectivity index (χ4n) is 2.42. The number of aromatic nitrogens is 3. The molecule has 3 aromatic rings. The number of guanidine groups is 1. The summed E-state index contributed by atoms with van der Waals surface area (Å²) in [6.07, 6.45) is 1.58. The third-order valence-corrected chi connectivity index (χ3v) is 3.57. The van der Waals surface area contributed by atoms with E-state index in [1.54, 1.807) is 31.5 Å². The molecule has 2 N–H and O–H groups in total. The standard InChI is InChI=1S/C17H19FN6O/c1-19-17(24(2)11-12-5-3-6-13(18)9-12)20-10-15-21-16(23-22-15)14-7-4-8-25-14/h3-9H,10-11H2,1-2H3,(H,19,20)(H,21,22,23). The van der Waals surface area contributed by atoms with Crippen LogP contribution >= 0.6 is 0 Å². The summed E-state index contributed by atoms with van der Waals surface area (Å²) in [4.78, 5) is 10.5. The summed E-state index contributed by atoms with van der Waals surface area (Å²) in [7, 11) is 3.58. The van der Waals surface area contributed by atoms with Crippen LogP contribution in [-0.2, 0) is 13.1 Å². The van der Waals surface area contributed by atoms with Gasteiger partial charge in [-0.3, -0.25) is 10.1 Å². The van der Waals surface area contributed by atoms with Crippen LogP contribution in [0.2, 0.25) is 0 Å². The van der Waals surface area contributed by atoms with Gasteiger partial charge in [-0.05, 0) is 29.8 Å². The van der Waals surface area contributed by atoms with Gasteiger partial charge in [0.1, 0.15) is 11.6 Å². The Morgan fingerprint density at radius 3 is 2.96 bits per heavy atom. The van der Waals surface area contributed by atoms with Crippen LogP contribution in [0, 0.1) is 5.82 Å². The molecule has 0 atom stereocenters. The Balaban J connectivity index is 1.59. The SMILES string of the molecule is CN=C(NCc1nc(-c2ccco2)n[nH]1)N(C)Cc1cccc(F)c1. The van der Waals surface area contributed by atoms with E-state index in [1.807, 2.05) is 18.0 Å². The van der Waals surface area contributed by atoms with Gasteiger partial charge < -0.3 is 14.6 Å². The second-order valence-electron chi connectivity index (χ2n) is 5.47. The number of rotatable bonds is 5. The predicted molar refractivity (Wildman–Crippen MR) is 92.2 cm³/mol. The number of nitrogens with one attached hydrogen (secondary N) is 2. The maximum absolute atomic E-state index is 13.3. The molecule has 0 aliphatic heterocycles. The molecule has 0 aliphatic rings. The minimum atomic E-state index is -0.249. The Morgan fingerprint density at radius 1 is 1.36 bits per heavy atom. The number of furan rings is 1. The zero-order valence-electron chi connectivity index (χ0n) is 14.0. The molecule has 0 unspecified atom stereocenters. The van der Waals surface area contributed by atoms with Crippen LogP contribution in [0.25, 0.3) is 11.6 Å². The number of aromatic amines is 1. The normalized spacial score (nSPS) is 11.6. The molecule has 2 heterocycles. The van der Waals surface area contributed by atoms with Gasteiger partial charge in [-0.15, -0.1) is 5.10 Å². The highest BCUT2D eigenvalue weighted by Crippen LogP contribution is 2.14. The van der Waals surface area contributed by atoms with Gasteiger partial charge in [-0.1, -0.05) is 12.1 Å². The first kappa shape index (κ1) is 16.7. The molecule has 2 aromatic heterocycles. The van der Waals surface area contributed by atoms with Crippen molar-refractivity contribution in [2.75, 3.05) is 14.1 Å². The summed E-state index contributed by atoms with van der Waals surface area (Å²) < 4.78 is 18.6. The molecule has 0 saturated carbocycles. The largest absolute Gasteiger partial charge is 0.461 e. The van der Waals surface area contributed by atoms with E-state index in [2.05, 4.69) is 25.5 Å². The van der Waals surface area contributed by atoms with E-state index in [0.717, 1.165) is 5.56 Å². The molecule has 0 fully saturated rings. The Hall–Kier alpha value is -3.16. The molecule has 130 valence electrons. The van der Waals surface area contributed by atoms with Gasteiger partial charge in [0.2, 0.25) is 5.82 Å². The molecule has 0 radical (unpaired) electrons. The molecular weight excluding hydrogens is 323 g/mol. The highest BCUT2D eigenvalue weighted by molar-refractivity contribution is 5.79. The molecule has 8 heteroatoms. The second kappa shape index (κ2) is 7.61. The predicted octanol–water partition coefficient (Wildman–Crippen LogP) is 2.41. The summed E-state index contributed by atoms with van der Waals surface area (Å²) in [5.74, 6) is 2.19. The molecule has 1 aromatic carbocycles. The van der Waals surface area contributed by atoms with Gasteiger partial charge in [-0.2, -0.15) is 0 Å². The molecule has 7 nitrogen and oxygen atoms in total. The van der Waals surface area contributed by atoms with Crippen LogP contribution in [0.4, 0.5) is 4.39 Å². The number of H-pyrrole nitrogens is 1. The fourth-order valence-corrected chi connectivity index (χ4v) is 2.42. The highest BCUT2D eigenvalue weighted by Gasteiger charge is 2.11. The van der Waals surface area contributed by atoms with Crippen molar-refractivity contribution < 1.29 is 8.81 Å². The number of hydrogen-bond acceptors (Lipinski definition) is 4. The third kappa shape index (κ3) is 4.23. The van der Waals surface area contributed by atoms with E-state index in [-0.39, 0.29) is 5.82 Å². The molecule has 25 heavy (non-hydrogen) atoms. The van der Waals surface area contributed by atoms with Gasteiger partial charge in [0.15, 0.2) is 11.7 Å². The van der Waals surface area contributed by atoms with E-state index in [0.29, 0.717) is 36.5 Å². The number of benzene rings is 1. The van der Waals surface area contributed by atoms with Crippen LogP contribution in [0.5, 0.6) is 0 Å². The van der Waals surface area contributed by atoms with Crippen LogP contribution in [0.3, 0.4) is 0 Å². The Bertz CT molecular complexity index is 842. The van der Waals surface area contributed by atoms with Gasteiger partial charge in [0, 0.05) is 20.6 Å². The Kier molecular flexibility index (Phi) is 5.08. The lowest BCUT2D eigenvalue weighted by atomic mass is 10.2. The van der Waals surface area contributed by atoms with Gasteiger partial charge >= 0.3 is 0 Å². The summed E-state index contributed by atoms with van der Waals surface area (Å²) in [5, 5.41) is 10.2. The van der Waals surface area contributed by atoms with Crippen molar-refractivity contribution in [3.05, 3.63) is 59.9 Å². The molecule has 0 amide bonds. The smallest absolute Gasteiger partial charge is 0.216 e. The van der Waals surface area contributed by atoms with Crippen LogP contribution in [-0.4, -0.2) is 40.1 Å². The van der Waals surface area contributed by atoms with Gasteiger partial charge in [-0.25, -0.2) is 9.37 Å². The first-order chi connectivity index (χ1) is 12.2. The minimum Gasteiger partial charge on any atom is -0.461 e. The summed E-state index contributed by atoms with van der Waals surface area (Å²) in [6.45, 7) is 0.958. The molecule has 0 spiro atoms. The zero-order chi connectivity index (χ0) is 17.6. The van der Waals surface area contributed by atoms with Crippen molar-refractivity contribution in [2.24, 2.45) is 4.99 Å². The lowest BCUT2D eigenvalue weighted by Crippen LogP contribution is -2.38. The summed E-state index contributed by atoms with van der Waals surface area (Å²) in [6, 6.07) is 10.1. The molecule has 0 saturated heterocycles. The third-order valence-electron chi connectivity index (χ3n) is 3.57.